The minimum Gasteiger partial charge on any atom is -0.445 e. The molecule has 5 heteroatoms. The molecule has 1 heterocycles. The maximum atomic E-state index is 12.1. The summed E-state index contributed by atoms with van der Waals surface area (Å²) in [6.45, 7) is 5.88. The Bertz CT molecular complexity index is 901. The van der Waals surface area contributed by atoms with Gasteiger partial charge in [0.2, 0.25) is 11.8 Å². The van der Waals surface area contributed by atoms with E-state index in [1.807, 2.05) is 63.2 Å². The Balaban J connectivity index is 1.84. The Labute approximate surface area is 153 Å². The molecule has 3 aromatic rings. The van der Waals surface area contributed by atoms with Crippen molar-refractivity contribution in [2.24, 2.45) is 11.7 Å². The largest absolute Gasteiger partial charge is 0.445 e. The van der Waals surface area contributed by atoms with Crippen molar-refractivity contribution in [3.05, 3.63) is 60.5 Å². The number of rotatable bonds is 5. The van der Waals surface area contributed by atoms with Gasteiger partial charge in [-0.2, -0.15) is 0 Å². The van der Waals surface area contributed by atoms with Gasteiger partial charge < -0.3 is 15.5 Å². The summed E-state index contributed by atoms with van der Waals surface area (Å²) < 4.78 is 5.37. The number of hydrogen-bond donors (Lipinski definition) is 2. The second-order valence-electron chi connectivity index (χ2n) is 6.71. The zero-order valence-corrected chi connectivity index (χ0v) is 15.2. The molecule has 0 aliphatic heterocycles. The summed E-state index contributed by atoms with van der Waals surface area (Å²) in [5, 5.41) is 2.89. The fourth-order valence-electron chi connectivity index (χ4n) is 2.78. The summed E-state index contributed by atoms with van der Waals surface area (Å²) in [5.41, 5.74) is 10.8. The molecule has 1 aromatic heterocycles. The lowest BCUT2D eigenvalue weighted by atomic mass is 9.98. The van der Waals surface area contributed by atoms with Crippen molar-refractivity contribution in [1.29, 1.82) is 0 Å². The molecule has 5 nitrogen and oxygen atoms in total. The van der Waals surface area contributed by atoms with Crippen molar-refractivity contribution in [1.82, 2.24) is 4.98 Å². The van der Waals surface area contributed by atoms with Crippen LogP contribution in [-0.4, -0.2) is 16.9 Å². The van der Waals surface area contributed by atoms with Crippen LogP contribution in [0.3, 0.4) is 0 Å². The van der Waals surface area contributed by atoms with E-state index in [1.54, 1.807) is 12.5 Å². The lowest BCUT2D eigenvalue weighted by Gasteiger charge is -2.16. The first-order valence-corrected chi connectivity index (χ1v) is 8.63. The maximum absolute atomic E-state index is 12.1. The molecule has 0 saturated carbocycles. The predicted octanol–water partition coefficient (Wildman–Crippen LogP) is 4.24. The Morgan fingerprint density at radius 2 is 1.92 bits per heavy atom. The number of oxazole rings is 1. The van der Waals surface area contributed by atoms with Crippen LogP contribution in [0.5, 0.6) is 0 Å². The molecule has 3 N–H and O–H groups in total. The number of amides is 1. The van der Waals surface area contributed by atoms with E-state index in [2.05, 4.69) is 10.3 Å². The maximum Gasteiger partial charge on any atom is 0.241 e. The van der Waals surface area contributed by atoms with Gasteiger partial charge in [0, 0.05) is 11.3 Å². The molecule has 1 amide bonds. The molecular weight excluding hydrogens is 326 g/mol. The zero-order chi connectivity index (χ0) is 18.7. The lowest BCUT2D eigenvalue weighted by molar-refractivity contribution is -0.118. The lowest BCUT2D eigenvalue weighted by Crippen LogP contribution is -2.39. The number of carbonyl (C=O) groups is 1. The van der Waals surface area contributed by atoms with Crippen LogP contribution in [0.2, 0.25) is 0 Å². The average molecular weight is 349 g/mol. The summed E-state index contributed by atoms with van der Waals surface area (Å²) in [6.07, 6.45) is 3.19. The monoisotopic (exact) mass is 349 g/mol. The van der Waals surface area contributed by atoms with Crippen LogP contribution in [0, 0.1) is 12.8 Å². The topological polar surface area (TPSA) is 81.2 Å². The highest BCUT2D eigenvalue weighted by atomic mass is 16.3. The van der Waals surface area contributed by atoms with Gasteiger partial charge in [0.05, 0.1) is 12.2 Å². The number of benzene rings is 2. The molecule has 134 valence electrons. The van der Waals surface area contributed by atoms with E-state index in [-0.39, 0.29) is 11.8 Å². The Morgan fingerprint density at radius 1 is 1.15 bits per heavy atom. The number of aryl methyl sites for hydroxylation is 1. The molecule has 1 unspecified atom stereocenters. The third-order valence-corrected chi connectivity index (χ3v) is 4.37. The first-order valence-electron chi connectivity index (χ1n) is 8.63. The molecule has 0 radical (unpaired) electrons. The van der Waals surface area contributed by atoms with Gasteiger partial charge in [-0.3, -0.25) is 4.79 Å². The van der Waals surface area contributed by atoms with Crippen LogP contribution in [0.4, 0.5) is 5.69 Å². The quantitative estimate of drug-likeness (QED) is 0.722. The molecule has 2 aromatic carbocycles. The summed E-state index contributed by atoms with van der Waals surface area (Å²) >= 11 is 0. The van der Waals surface area contributed by atoms with Gasteiger partial charge in [-0.05, 0) is 53.8 Å². The number of carbonyl (C=O) groups excluding carboxylic acids is 1. The minimum atomic E-state index is -0.521. The molecule has 0 aliphatic carbocycles. The second-order valence-corrected chi connectivity index (χ2v) is 6.71. The number of nitrogens with two attached hydrogens (primary N) is 1. The highest BCUT2D eigenvalue weighted by Gasteiger charge is 2.17. The number of hydrogen-bond acceptors (Lipinski definition) is 4. The van der Waals surface area contributed by atoms with Crippen LogP contribution in [0.15, 0.2) is 59.3 Å². The van der Waals surface area contributed by atoms with Gasteiger partial charge >= 0.3 is 0 Å². The Morgan fingerprint density at radius 3 is 2.58 bits per heavy atom. The Kier molecular flexibility index (Phi) is 5.19. The second kappa shape index (κ2) is 7.54. The van der Waals surface area contributed by atoms with E-state index in [1.165, 1.54) is 0 Å². The molecule has 0 aliphatic rings. The van der Waals surface area contributed by atoms with Gasteiger partial charge in [0.1, 0.15) is 6.26 Å². The van der Waals surface area contributed by atoms with Gasteiger partial charge in [-0.25, -0.2) is 4.98 Å². The number of aromatic nitrogens is 1. The van der Waals surface area contributed by atoms with Crippen LogP contribution in [-0.2, 0) is 4.79 Å². The van der Waals surface area contributed by atoms with Gasteiger partial charge in [-0.1, -0.05) is 32.0 Å². The van der Waals surface area contributed by atoms with Crippen LogP contribution < -0.4 is 11.1 Å². The first-order chi connectivity index (χ1) is 12.5. The number of anilines is 1. The van der Waals surface area contributed by atoms with E-state index < -0.39 is 6.04 Å². The van der Waals surface area contributed by atoms with Gasteiger partial charge in [0.15, 0.2) is 0 Å². The van der Waals surface area contributed by atoms with Crippen molar-refractivity contribution in [3.8, 4) is 22.6 Å². The van der Waals surface area contributed by atoms with E-state index in [0.29, 0.717) is 5.89 Å². The van der Waals surface area contributed by atoms with Crippen molar-refractivity contribution < 1.29 is 9.21 Å². The highest BCUT2D eigenvalue weighted by Crippen LogP contribution is 2.29. The molecule has 0 saturated heterocycles. The fourth-order valence-corrected chi connectivity index (χ4v) is 2.78. The molecule has 26 heavy (non-hydrogen) atoms. The van der Waals surface area contributed by atoms with E-state index in [9.17, 15) is 4.79 Å². The van der Waals surface area contributed by atoms with Crippen molar-refractivity contribution in [2.75, 3.05) is 5.32 Å². The van der Waals surface area contributed by atoms with Crippen molar-refractivity contribution in [3.63, 3.8) is 0 Å². The zero-order valence-electron chi connectivity index (χ0n) is 15.2. The molecular formula is C21H23N3O2. The van der Waals surface area contributed by atoms with Crippen LogP contribution >= 0.6 is 0 Å². The average Bonchev–Trinajstić information content (AvgIpc) is 3.16. The van der Waals surface area contributed by atoms with Crippen LogP contribution in [0.1, 0.15) is 19.4 Å². The third-order valence-electron chi connectivity index (χ3n) is 4.37. The highest BCUT2D eigenvalue weighted by molar-refractivity contribution is 5.95. The predicted molar refractivity (Wildman–Crippen MR) is 104 cm³/mol. The smallest absolute Gasteiger partial charge is 0.241 e. The van der Waals surface area contributed by atoms with E-state index in [0.717, 1.165) is 27.9 Å². The van der Waals surface area contributed by atoms with E-state index in [4.69, 9.17) is 10.2 Å². The Hall–Kier alpha value is -2.92. The SMILES string of the molecule is Cc1cc(NC(=O)C(N)C(C)C)ccc1-c1cccc(-c2ncco2)c1. The standard InChI is InChI=1S/C21H23N3O2/c1-13(2)19(22)20(25)24-17-7-8-18(14(3)11-17)15-5-4-6-16(12-15)21-23-9-10-26-21/h4-13,19H,22H2,1-3H3,(H,24,25). The van der Waals surface area contributed by atoms with Crippen molar-refractivity contribution >= 4 is 11.6 Å². The normalized spacial score (nSPS) is 12.2. The molecule has 0 bridgehead atoms. The third kappa shape index (κ3) is 3.83. The summed E-state index contributed by atoms with van der Waals surface area (Å²) in [7, 11) is 0. The molecule has 0 fully saturated rings. The fraction of sp³-hybridized carbons (Fsp3) is 0.238. The molecule has 3 rings (SSSR count). The van der Waals surface area contributed by atoms with Gasteiger partial charge in [0.25, 0.3) is 0 Å². The minimum absolute atomic E-state index is 0.0910. The van der Waals surface area contributed by atoms with E-state index >= 15 is 0 Å². The van der Waals surface area contributed by atoms with Crippen molar-refractivity contribution in [2.45, 2.75) is 26.8 Å². The summed E-state index contributed by atoms with van der Waals surface area (Å²) in [5.74, 6) is 0.516. The molecule has 0 spiro atoms. The number of nitrogens with zero attached hydrogens (tertiary/aromatic N) is 1. The molecule has 1 atom stereocenters. The summed E-state index contributed by atoms with van der Waals surface area (Å²) in [6, 6.07) is 13.4. The summed E-state index contributed by atoms with van der Waals surface area (Å²) in [4.78, 5) is 16.3. The van der Waals surface area contributed by atoms with Gasteiger partial charge in [-0.15, -0.1) is 0 Å². The van der Waals surface area contributed by atoms with Crippen LogP contribution in [0.25, 0.3) is 22.6 Å². The number of nitrogens with one attached hydrogen (secondary N) is 1. The first kappa shape index (κ1) is 17.9.